The second-order valence-corrected chi connectivity index (χ2v) is 9.32. The van der Waals surface area contributed by atoms with Gasteiger partial charge in [0.1, 0.15) is 6.61 Å². The standard InChI is InChI=1S/C27H32N2O5/c1-3-8-18(15-25(30)29(2)19-13-17(14-19)26(31)32)28-27(33)34-16-24-22-11-6-4-9-20(22)21-10-5-7-12-23(21)24/h4-7,9-12,17-19,24H,3,8,13-16H2,1-2H3,(H,28,33)(H,31,32). The molecule has 1 unspecified atom stereocenters. The molecule has 0 bridgehead atoms. The number of nitrogens with one attached hydrogen (secondary N) is 1. The van der Waals surface area contributed by atoms with Gasteiger partial charge in [-0.05, 0) is 41.5 Å². The van der Waals surface area contributed by atoms with Crippen molar-refractivity contribution < 1.29 is 24.2 Å². The second kappa shape index (κ2) is 10.3. The number of hydrogen-bond acceptors (Lipinski definition) is 4. The third-order valence-corrected chi connectivity index (χ3v) is 7.13. The number of fused-ring (bicyclic) bond motifs is 3. The van der Waals surface area contributed by atoms with Gasteiger partial charge in [0, 0.05) is 31.5 Å². The van der Waals surface area contributed by atoms with E-state index in [2.05, 4.69) is 29.6 Å². The van der Waals surface area contributed by atoms with Gasteiger partial charge < -0.3 is 20.1 Å². The Kier molecular flexibility index (Phi) is 7.20. The number of carboxylic acids is 1. The number of carbonyl (C=O) groups is 3. The summed E-state index contributed by atoms with van der Waals surface area (Å²) in [5.41, 5.74) is 4.65. The monoisotopic (exact) mass is 464 g/mol. The first kappa shape index (κ1) is 23.8. The third kappa shape index (κ3) is 4.93. The minimum atomic E-state index is -0.808. The molecule has 180 valence electrons. The van der Waals surface area contributed by atoms with Crippen LogP contribution in [0.25, 0.3) is 11.1 Å². The van der Waals surface area contributed by atoms with Crippen molar-refractivity contribution in [2.45, 2.75) is 57.0 Å². The molecule has 1 fully saturated rings. The Morgan fingerprint density at radius 2 is 1.65 bits per heavy atom. The normalized spacial score (nSPS) is 19.4. The molecular weight excluding hydrogens is 432 g/mol. The van der Waals surface area contributed by atoms with E-state index in [0.29, 0.717) is 19.3 Å². The summed E-state index contributed by atoms with van der Waals surface area (Å²) in [5, 5.41) is 11.9. The lowest BCUT2D eigenvalue weighted by Crippen LogP contribution is -2.49. The number of nitrogens with zero attached hydrogens (tertiary/aromatic N) is 1. The summed E-state index contributed by atoms with van der Waals surface area (Å²) in [6.07, 6.45) is 2.08. The van der Waals surface area contributed by atoms with Crippen LogP contribution in [0.15, 0.2) is 48.5 Å². The summed E-state index contributed by atoms with van der Waals surface area (Å²) in [5.74, 6) is -1.29. The molecule has 0 radical (unpaired) electrons. The van der Waals surface area contributed by atoms with E-state index >= 15 is 0 Å². The summed E-state index contributed by atoms with van der Waals surface area (Å²) in [4.78, 5) is 38.1. The van der Waals surface area contributed by atoms with E-state index in [1.165, 1.54) is 11.1 Å². The van der Waals surface area contributed by atoms with E-state index in [1.807, 2.05) is 31.2 Å². The van der Waals surface area contributed by atoms with Crippen molar-refractivity contribution in [2.75, 3.05) is 13.7 Å². The lowest BCUT2D eigenvalue weighted by Gasteiger charge is -2.39. The van der Waals surface area contributed by atoms with Gasteiger partial charge in [-0.3, -0.25) is 9.59 Å². The van der Waals surface area contributed by atoms with Crippen LogP contribution < -0.4 is 5.32 Å². The minimum Gasteiger partial charge on any atom is -0.481 e. The third-order valence-electron chi connectivity index (χ3n) is 7.13. The smallest absolute Gasteiger partial charge is 0.407 e. The Labute approximate surface area is 200 Å². The van der Waals surface area contributed by atoms with Gasteiger partial charge in [-0.15, -0.1) is 0 Å². The van der Waals surface area contributed by atoms with E-state index in [-0.39, 0.29) is 42.9 Å². The molecule has 4 rings (SSSR count). The summed E-state index contributed by atoms with van der Waals surface area (Å²) >= 11 is 0. The molecule has 2 aliphatic carbocycles. The predicted octanol–water partition coefficient (Wildman–Crippen LogP) is 4.41. The lowest BCUT2D eigenvalue weighted by molar-refractivity contribution is -0.150. The summed E-state index contributed by atoms with van der Waals surface area (Å²) in [6, 6.07) is 16.0. The van der Waals surface area contributed by atoms with Crippen LogP contribution in [0.4, 0.5) is 4.79 Å². The van der Waals surface area contributed by atoms with Crippen molar-refractivity contribution >= 4 is 18.0 Å². The van der Waals surface area contributed by atoms with Gasteiger partial charge in [0.2, 0.25) is 5.91 Å². The maximum absolute atomic E-state index is 12.7. The van der Waals surface area contributed by atoms with Gasteiger partial charge in [-0.2, -0.15) is 0 Å². The number of ether oxygens (including phenoxy) is 1. The Morgan fingerprint density at radius 3 is 2.21 bits per heavy atom. The van der Waals surface area contributed by atoms with Crippen molar-refractivity contribution in [3.63, 3.8) is 0 Å². The number of hydrogen-bond donors (Lipinski definition) is 2. The first-order valence-corrected chi connectivity index (χ1v) is 12.0. The van der Waals surface area contributed by atoms with Crippen molar-refractivity contribution in [2.24, 2.45) is 5.92 Å². The van der Waals surface area contributed by atoms with Gasteiger partial charge in [-0.1, -0.05) is 61.9 Å². The van der Waals surface area contributed by atoms with E-state index in [1.54, 1.807) is 11.9 Å². The van der Waals surface area contributed by atoms with Gasteiger partial charge in [0.05, 0.1) is 5.92 Å². The Morgan fingerprint density at radius 1 is 1.06 bits per heavy atom. The highest BCUT2D eigenvalue weighted by atomic mass is 16.5. The molecule has 0 spiro atoms. The number of benzene rings is 2. The SMILES string of the molecule is CCCC(CC(=O)N(C)C1CC(C(=O)O)C1)NC(=O)OCC1c2ccccc2-c2ccccc21. The highest BCUT2D eigenvalue weighted by Crippen LogP contribution is 2.44. The Bertz CT molecular complexity index is 1020. The molecule has 2 aromatic carbocycles. The zero-order valence-corrected chi connectivity index (χ0v) is 19.7. The molecule has 2 aromatic rings. The number of alkyl carbamates (subject to hydrolysis) is 1. The average molecular weight is 465 g/mol. The van der Waals surface area contributed by atoms with Crippen molar-refractivity contribution in [3.8, 4) is 11.1 Å². The van der Waals surface area contributed by atoms with Crippen molar-refractivity contribution in [3.05, 3.63) is 59.7 Å². The highest BCUT2D eigenvalue weighted by Gasteiger charge is 2.38. The molecule has 1 atom stereocenters. The number of amides is 2. The maximum atomic E-state index is 12.7. The molecule has 2 aliphatic rings. The van der Waals surface area contributed by atoms with Gasteiger partial charge in [-0.25, -0.2) is 4.79 Å². The van der Waals surface area contributed by atoms with E-state index in [0.717, 1.165) is 17.5 Å². The molecule has 7 nitrogen and oxygen atoms in total. The largest absolute Gasteiger partial charge is 0.481 e. The van der Waals surface area contributed by atoms with Crippen LogP contribution in [0.3, 0.4) is 0 Å². The van der Waals surface area contributed by atoms with E-state index in [9.17, 15) is 14.4 Å². The van der Waals surface area contributed by atoms with Crippen LogP contribution in [-0.4, -0.2) is 53.7 Å². The summed E-state index contributed by atoms with van der Waals surface area (Å²) < 4.78 is 5.64. The molecule has 0 aliphatic heterocycles. The molecule has 2 N–H and O–H groups in total. The fourth-order valence-corrected chi connectivity index (χ4v) is 5.04. The minimum absolute atomic E-state index is 0.0173. The Balaban J connectivity index is 1.32. The maximum Gasteiger partial charge on any atom is 0.407 e. The van der Waals surface area contributed by atoms with Crippen LogP contribution in [0.1, 0.15) is 56.1 Å². The number of aliphatic carboxylic acids is 1. The molecule has 7 heteroatoms. The topological polar surface area (TPSA) is 95.9 Å². The average Bonchev–Trinajstić information content (AvgIpc) is 3.10. The summed E-state index contributed by atoms with van der Waals surface area (Å²) in [7, 11) is 1.71. The second-order valence-electron chi connectivity index (χ2n) is 9.32. The fraction of sp³-hybridized carbons (Fsp3) is 0.444. The molecule has 0 heterocycles. The van der Waals surface area contributed by atoms with Gasteiger partial charge in [0.25, 0.3) is 0 Å². The van der Waals surface area contributed by atoms with E-state index < -0.39 is 12.1 Å². The lowest BCUT2D eigenvalue weighted by atomic mass is 9.79. The zero-order valence-electron chi connectivity index (χ0n) is 19.7. The first-order chi connectivity index (χ1) is 16.4. The zero-order chi connectivity index (χ0) is 24.2. The molecule has 0 aromatic heterocycles. The first-order valence-electron chi connectivity index (χ1n) is 12.0. The van der Waals surface area contributed by atoms with Gasteiger partial charge >= 0.3 is 12.1 Å². The van der Waals surface area contributed by atoms with Crippen LogP contribution in [0, 0.1) is 5.92 Å². The summed E-state index contributed by atoms with van der Waals surface area (Å²) in [6.45, 7) is 2.23. The van der Waals surface area contributed by atoms with Crippen LogP contribution in [0.2, 0.25) is 0 Å². The quantitative estimate of drug-likeness (QED) is 0.573. The van der Waals surface area contributed by atoms with Crippen molar-refractivity contribution in [1.29, 1.82) is 0 Å². The van der Waals surface area contributed by atoms with Crippen LogP contribution in [-0.2, 0) is 14.3 Å². The number of carbonyl (C=O) groups excluding carboxylic acids is 2. The fourth-order valence-electron chi connectivity index (χ4n) is 5.04. The Hall–Kier alpha value is -3.35. The molecular formula is C27H32N2O5. The van der Waals surface area contributed by atoms with Crippen LogP contribution in [0.5, 0.6) is 0 Å². The molecule has 34 heavy (non-hydrogen) atoms. The highest BCUT2D eigenvalue weighted by molar-refractivity contribution is 5.80. The predicted molar refractivity (Wildman–Crippen MR) is 128 cm³/mol. The van der Waals surface area contributed by atoms with Crippen molar-refractivity contribution in [1.82, 2.24) is 10.2 Å². The van der Waals surface area contributed by atoms with E-state index in [4.69, 9.17) is 9.84 Å². The van der Waals surface area contributed by atoms with Crippen LogP contribution >= 0.6 is 0 Å². The molecule has 1 saturated carbocycles. The number of rotatable bonds is 9. The molecule has 2 amide bonds. The van der Waals surface area contributed by atoms with Gasteiger partial charge in [0.15, 0.2) is 0 Å². The molecule has 0 saturated heterocycles. The number of carboxylic acid groups (broad SMARTS) is 1.